The number of aliphatic hydroxyl groups is 12. The molecule has 5 saturated heterocycles. The monoisotopic (exact) mass is 678 g/mol. The van der Waals surface area contributed by atoms with E-state index in [1.165, 1.54) is 0 Å². The van der Waals surface area contributed by atoms with Crippen LogP contribution < -0.4 is 0 Å². The molecule has 0 aromatic heterocycles. The minimum atomic E-state index is -1.72. The molecular weight excluding hydrogens is 636 g/mol. The highest BCUT2D eigenvalue weighted by atomic mass is 16.8. The molecule has 21 nitrogen and oxygen atoms in total. The highest BCUT2D eigenvalue weighted by Crippen LogP contribution is 2.36. The predicted octanol–water partition coefficient (Wildman–Crippen LogP) is -8.73. The Labute approximate surface area is 260 Å². The highest BCUT2D eigenvalue weighted by Gasteiger charge is 2.56. The van der Waals surface area contributed by atoms with Crippen LogP contribution in [0.3, 0.4) is 0 Å². The van der Waals surface area contributed by atoms with Crippen LogP contribution in [0.15, 0.2) is 0 Å². The van der Waals surface area contributed by atoms with E-state index >= 15 is 0 Å². The van der Waals surface area contributed by atoms with Crippen molar-refractivity contribution in [3.63, 3.8) is 0 Å². The summed E-state index contributed by atoms with van der Waals surface area (Å²) in [6.07, 6.45) is -30.0. The van der Waals surface area contributed by atoms with Crippen molar-refractivity contribution in [2.24, 2.45) is 0 Å². The summed E-state index contributed by atoms with van der Waals surface area (Å²) < 4.78 is 50.5. The second-order valence-corrected chi connectivity index (χ2v) is 11.6. The van der Waals surface area contributed by atoms with Gasteiger partial charge in [-0.15, -0.1) is 0 Å². The maximum atomic E-state index is 10.6. The average molecular weight is 679 g/mol. The quantitative estimate of drug-likeness (QED) is 0.0860. The van der Waals surface area contributed by atoms with Gasteiger partial charge in [-0.2, -0.15) is 0 Å². The van der Waals surface area contributed by atoms with E-state index in [-0.39, 0.29) is 0 Å². The highest BCUT2D eigenvalue weighted by molar-refractivity contribution is 4.96. The molecule has 0 aromatic carbocycles. The lowest BCUT2D eigenvalue weighted by Gasteiger charge is -2.30. The van der Waals surface area contributed by atoms with Crippen molar-refractivity contribution in [1.82, 2.24) is 0 Å². The average Bonchev–Trinajstić information content (AvgIpc) is 3.77. The van der Waals surface area contributed by atoms with Crippen molar-refractivity contribution in [3.8, 4) is 0 Å². The smallest absolute Gasteiger partial charge is 0.187 e. The molecule has 12 N–H and O–H groups in total. The number of ether oxygens (including phenoxy) is 9. The largest absolute Gasteiger partial charge is 0.394 e. The zero-order valence-corrected chi connectivity index (χ0v) is 24.1. The van der Waals surface area contributed by atoms with Crippen LogP contribution in [-0.4, -0.2) is 217 Å². The molecule has 5 heterocycles. The molecule has 0 amide bonds. The second-order valence-electron chi connectivity index (χ2n) is 11.6. The fourth-order valence-corrected chi connectivity index (χ4v) is 5.78. The molecule has 0 aromatic rings. The molecule has 0 bridgehead atoms. The summed E-state index contributed by atoms with van der Waals surface area (Å²) in [5.41, 5.74) is 0. The lowest BCUT2D eigenvalue weighted by atomic mass is 10.1. The van der Waals surface area contributed by atoms with Gasteiger partial charge in [0, 0.05) is 0 Å². The molecular formula is C25H42O21. The first kappa shape index (κ1) is 36.4. The van der Waals surface area contributed by atoms with E-state index in [0.29, 0.717) is 0 Å². The molecule has 0 spiro atoms. The van der Waals surface area contributed by atoms with Gasteiger partial charge < -0.3 is 104 Å². The van der Waals surface area contributed by atoms with Crippen LogP contribution in [0.25, 0.3) is 0 Å². The summed E-state index contributed by atoms with van der Waals surface area (Å²) in [6.45, 7) is -3.07. The lowest BCUT2D eigenvalue weighted by Crippen LogP contribution is -2.48. The molecule has 46 heavy (non-hydrogen) atoms. The molecule has 0 saturated carbocycles. The molecule has 1 unspecified atom stereocenters. The van der Waals surface area contributed by atoms with Crippen LogP contribution in [0.2, 0.25) is 0 Å². The topological polar surface area (TPSA) is 326 Å². The Balaban J connectivity index is 1.38. The molecule has 0 radical (unpaired) electrons. The Morgan fingerprint density at radius 3 is 1.22 bits per heavy atom. The summed E-state index contributed by atoms with van der Waals surface area (Å²) in [5.74, 6) is 0. The third-order valence-electron chi connectivity index (χ3n) is 8.53. The summed E-state index contributed by atoms with van der Waals surface area (Å²) in [5, 5.41) is 120. The van der Waals surface area contributed by atoms with E-state index in [1.807, 2.05) is 0 Å². The Morgan fingerprint density at radius 2 is 0.761 bits per heavy atom. The third kappa shape index (κ3) is 7.21. The zero-order valence-electron chi connectivity index (χ0n) is 24.1. The number of aliphatic hydroxyl groups excluding tert-OH is 12. The first-order valence-electron chi connectivity index (χ1n) is 14.7. The second kappa shape index (κ2) is 15.4. The maximum Gasteiger partial charge on any atom is 0.187 e. The summed E-state index contributed by atoms with van der Waals surface area (Å²) in [6, 6.07) is 0. The van der Waals surface area contributed by atoms with E-state index in [0.717, 1.165) is 0 Å². The standard InChI is InChI=1S/C25H42O21/c26-1-6-11(29)16(34)22(41-6)38-5-10-19(45-23-17(35)12(30)7(2-27)42-23)20(46-24-18(36)13(31)8(3-28)43-24)25(44-10)39-4-9-14(32)15(33)21(37)40-9/h6-37H,1-5H2/t6-,7-,8-,9-,10-,11-,12-,13-,14-,15+,16+,17+,18+,19-,20+,21?,22+,23-,24-,25+/m1/s1. The van der Waals surface area contributed by atoms with Crippen LogP contribution in [0.1, 0.15) is 0 Å². The van der Waals surface area contributed by atoms with Crippen molar-refractivity contribution < 1.29 is 104 Å². The molecule has 20 atom stereocenters. The van der Waals surface area contributed by atoms with E-state index in [4.69, 9.17) is 42.6 Å². The van der Waals surface area contributed by atoms with E-state index in [9.17, 15) is 61.3 Å². The lowest BCUT2D eigenvalue weighted by molar-refractivity contribution is -0.268. The van der Waals surface area contributed by atoms with Gasteiger partial charge in [-0.1, -0.05) is 0 Å². The van der Waals surface area contributed by atoms with Gasteiger partial charge in [0.05, 0.1) is 33.0 Å². The van der Waals surface area contributed by atoms with Crippen molar-refractivity contribution >= 4 is 0 Å². The zero-order chi connectivity index (χ0) is 33.4. The van der Waals surface area contributed by atoms with Gasteiger partial charge in [-0.05, 0) is 0 Å². The molecule has 5 fully saturated rings. The Bertz CT molecular complexity index is 965. The van der Waals surface area contributed by atoms with E-state index in [2.05, 4.69) is 0 Å². The van der Waals surface area contributed by atoms with Crippen molar-refractivity contribution in [1.29, 1.82) is 0 Å². The predicted molar refractivity (Wildman–Crippen MR) is 136 cm³/mol. The first-order chi connectivity index (χ1) is 21.9. The summed E-state index contributed by atoms with van der Waals surface area (Å²) >= 11 is 0. The van der Waals surface area contributed by atoms with Gasteiger partial charge in [0.2, 0.25) is 0 Å². The van der Waals surface area contributed by atoms with Gasteiger partial charge in [-0.25, -0.2) is 0 Å². The van der Waals surface area contributed by atoms with Crippen molar-refractivity contribution in [3.05, 3.63) is 0 Å². The van der Waals surface area contributed by atoms with Crippen LogP contribution in [0.5, 0.6) is 0 Å². The summed E-state index contributed by atoms with van der Waals surface area (Å²) in [4.78, 5) is 0. The van der Waals surface area contributed by atoms with Crippen molar-refractivity contribution in [2.75, 3.05) is 33.0 Å². The molecule has 0 aliphatic carbocycles. The Hall–Kier alpha value is -0.840. The van der Waals surface area contributed by atoms with Crippen LogP contribution in [-0.2, 0) is 42.6 Å². The number of hydrogen-bond acceptors (Lipinski definition) is 21. The van der Waals surface area contributed by atoms with Crippen molar-refractivity contribution in [2.45, 2.75) is 123 Å². The fraction of sp³-hybridized carbons (Fsp3) is 1.00. The summed E-state index contributed by atoms with van der Waals surface area (Å²) in [7, 11) is 0. The normalized spacial score (nSPS) is 52.7. The Kier molecular flexibility index (Phi) is 12.2. The molecule has 21 heteroatoms. The SMILES string of the molecule is OC[C@H]1O[C@H](OC[C@H]2O[C@H](OC[C@H]3OC(O)[C@@H](O)[C@@H]3O)[C@@H](O[C@H]3O[C@H](CO)[C@@H](O)[C@@H]3O)[C@@H]2O[C@H]2O[C@H](CO)[C@@H](O)[C@@H]2O)[C@@H](O)[C@@H]1O. The van der Waals surface area contributed by atoms with Crippen LogP contribution >= 0.6 is 0 Å². The fourth-order valence-electron chi connectivity index (χ4n) is 5.78. The molecule has 5 aliphatic rings. The van der Waals surface area contributed by atoms with Crippen LogP contribution in [0, 0.1) is 0 Å². The van der Waals surface area contributed by atoms with Gasteiger partial charge >= 0.3 is 0 Å². The van der Waals surface area contributed by atoms with Gasteiger partial charge in [0.25, 0.3) is 0 Å². The number of hydrogen-bond donors (Lipinski definition) is 12. The van der Waals surface area contributed by atoms with Gasteiger partial charge in [-0.3, -0.25) is 0 Å². The van der Waals surface area contributed by atoms with E-state index in [1.54, 1.807) is 0 Å². The minimum absolute atomic E-state index is 0.526. The van der Waals surface area contributed by atoms with Gasteiger partial charge in [0.1, 0.15) is 91.6 Å². The Morgan fingerprint density at radius 1 is 0.370 bits per heavy atom. The first-order valence-corrected chi connectivity index (χ1v) is 14.7. The van der Waals surface area contributed by atoms with E-state index < -0.39 is 156 Å². The molecule has 5 rings (SSSR count). The maximum absolute atomic E-state index is 10.6. The number of rotatable bonds is 13. The molecule has 268 valence electrons. The van der Waals surface area contributed by atoms with Gasteiger partial charge in [0.15, 0.2) is 31.5 Å². The third-order valence-corrected chi connectivity index (χ3v) is 8.53. The minimum Gasteiger partial charge on any atom is -0.394 e. The molecule has 5 aliphatic heterocycles. The van der Waals surface area contributed by atoms with Crippen LogP contribution in [0.4, 0.5) is 0 Å².